The van der Waals surface area contributed by atoms with Crippen LogP contribution in [0, 0.1) is 0 Å². The van der Waals surface area contributed by atoms with Crippen LogP contribution >= 0.6 is 19.1 Å². The topological polar surface area (TPSA) is 24.8 Å². The van der Waals surface area contributed by atoms with Crippen molar-refractivity contribution in [1.82, 2.24) is 4.67 Å². The Hall–Kier alpha value is -1.58. The van der Waals surface area contributed by atoms with Crippen molar-refractivity contribution in [2.24, 2.45) is 0 Å². The lowest BCUT2D eigenvalue weighted by molar-refractivity contribution is -0.885. The molecular weight excluding hydrogens is 383 g/mol. The van der Waals surface area contributed by atoms with Crippen LogP contribution in [-0.2, 0) is 4.57 Å². The van der Waals surface area contributed by atoms with Gasteiger partial charge in [-0.1, -0.05) is 72.4 Å². The van der Waals surface area contributed by atoms with Crippen molar-refractivity contribution in [2.75, 3.05) is 27.2 Å². The highest BCUT2D eigenvalue weighted by Gasteiger charge is 2.35. The summed E-state index contributed by atoms with van der Waals surface area (Å²) < 4.78 is 16.4. The van der Waals surface area contributed by atoms with Gasteiger partial charge in [0.15, 0.2) is 7.29 Å². The zero-order valence-electron chi connectivity index (χ0n) is 16.5. The minimum Gasteiger partial charge on any atom is -0.337 e. The molecule has 2 aliphatic rings. The van der Waals surface area contributed by atoms with Gasteiger partial charge < -0.3 is 4.90 Å². The van der Waals surface area contributed by atoms with E-state index in [-0.39, 0.29) is 0 Å². The smallest absolute Gasteiger partial charge is 0.195 e. The molecule has 0 aliphatic carbocycles. The van der Waals surface area contributed by atoms with Crippen molar-refractivity contribution < 1.29 is 9.46 Å². The molecule has 5 heteroatoms. The Balaban J connectivity index is 1.72. The second-order valence-electron chi connectivity index (χ2n) is 7.76. The third-order valence-electron chi connectivity index (χ3n) is 5.77. The molecule has 1 saturated heterocycles. The van der Waals surface area contributed by atoms with E-state index in [0.717, 1.165) is 46.9 Å². The number of rotatable bonds is 4. The first-order chi connectivity index (χ1) is 13.5. The number of likely N-dealkylation sites (tertiary alicyclic amines) is 1. The maximum Gasteiger partial charge on any atom is 0.195 e. The van der Waals surface area contributed by atoms with Crippen LogP contribution < -0.4 is 4.90 Å². The molecule has 2 aliphatic heterocycles. The molecule has 2 aromatic carbocycles. The fourth-order valence-corrected chi connectivity index (χ4v) is 8.15. The molecule has 3 nitrogen and oxygen atoms in total. The highest BCUT2D eigenvalue weighted by atomic mass is 32.2. The second-order valence-corrected chi connectivity index (χ2v) is 11.3. The number of benzene rings is 2. The van der Waals surface area contributed by atoms with Crippen LogP contribution in [0.25, 0.3) is 9.81 Å². The lowest BCUT2D eigenvalue weighted by Crippen LogP contribution is -3.10. The molecule has 1 N–H and O–H groups in total. The molecule has 0 bridgehead atoms. The lowest BCUT2D eigenvalue weighted by Gasteiger charge is -2.37. The van der Waals surface area contributed by atoms with Gasteiger partial charge in [-0.3, -0.25) is 4.57 Å². The lowest BCUT2D eigenvalue weighted by atomic mass is 10.1. The molecule has 146 valence electrons. The summed E-state index contributed by atoms with van der Waals surface area (Å²) in [6.07, 6.45) is 2.20. The van der Waals surface area contributed by atoms with Crippen molar-refractivity contribution in [2.45, 2.75) is 18.9 Å². The molecule has 0 atom stereocenters. The van der Waals surface area contributed by atoms with Gasteiger partial charge in [-0.25, -0.2) is 4.67 Å². The Morgan fingerprint density at radius 1 is 0.893 bits per heavy atom. The first kappa shape index (κ1) is 19.7. The highest BCUT2D eigenvalue weighted by molar-refractivity contribution is 8.17. The predicted molar refractivity (Wildman–Crippen MR) is 121 cm³/mol. The van der Waals surface area contributed by atoms with E-state index >= 15 is 0 Å². The zero-order valence-corrected chi connectivity index (χ0v) is 18.3. The van der Waals surface area contributed by atoms with Gasteiger partial charge in [0.05, 0.1) is 20.1 Å². The van der Waals surface area contributed by atoms with Crippen molar-refractivity contribution in [3.63, 3.8) is 0 Å². The summed E-state index contributed by atoms with van der Waals surface area (Å²) in [6.45, 7) is 2.29. The molecular formula is C23H28N2OPS+. The van der Waals surface area contributed by atoms with Gasteiger partial charge in [-0.15, -0.1) is 0 Å². The maximum atomic E-state index is 14.2. The molecule has 4 rings (SSSR count). The first-order valence-corrected chi connectivity index (χ1v) is 12.5. The maximum absolute atomic E-state index is 14.2. The number of nitrogens with zero attached hydrogens (tertiary/aromatic N) is 1. The monoisotopic (exact) mass is 411 g/mol. The standard InChI is InChI=1S/C23H27N2OPS/c1-24-15-13-21(14-16-24)25(2)27(26)17-22(19-9-5-3-6-10-19)28-23(18-27)20-11-7-4-8-12-20/h3-12,17-18,21H,13-16H2,1-2H3/p+1. The number of quaternary nitrogens is 1. The highest BCUT2D eigenvalue weighted by Crippen LogP contribution is 2.63. The van der Waals surface area contributed by atoms with Gasteiger partial charge >= 0.3 is 0 Å². The fourth-order valence-electron chi connectivity index (χ4n) is 3.92. The van der Waals surface area contributed by atoms with Crippen LogP contribution in [0.2, 0.25) is 0 Å². The summed E-state index contributed by atoms with van der Waals surface area (Å²) >= 11 is 1.72. The Kier molecular flexibility index (Phi) is 5.93. The summed E-state index contributed by atoms with van der Waals surface area (Å²) in [4.78, 5) is 3.76. The van der Waals surface area contributed by atoms with E-state index in [9.17, 15) is 4.57 Å². The molecule has 28 heavy (non-hydrogen) atoms. The van der Waals surface area contributed by atoms with Crippen LogP contribution in [0.15, 0.2) is 72.3 Å². The van der Waals surface area contributed by atoms with E-state index in [1.807, 2.05) is 48.0 Å². The van der Waals surface area contributed by atoms with E-state index in [0.29, 0.717) is 6.04 Å². The third kappa shape index (κ3) is 4.21. The van der Waals surface area contributed by atoms with E-state index in [4.69, 9.17) is 0 Å². The van der Waals surface area contributed by atoms with Crippen LogP contribution in [-0.4, -0.2) is 37.9 Å². The van der Waals surface area contributed by atoms with Crippen LogP contribution in [0.1, 0.15) is 24.0 Å². The fraction of sp³-hybridized carbons (Fsp3) is 0.304. The van der Waals surface area contributed by atoms with Gasteiger partial charge in [0.1, 0.15) is 0 Å². The number of hydrogen-bond acceptors (Lipinski definition) is 2. The Morgan fingerprint density at radius 3 is 1.82 bits per heavy atom. The van der Waals surface area contributed by atoms with Crippen LogP contribution in [0.5, 0.6) is 0 Å². The van der Waals surface area contributed by atoms with Gasteiger partial charge in [0, 0.05) is 40.3 Å². The largest absolute Gasteiger partial charge is 0.337 e. The molecule has 2 heterocycles. The normalized spacial score (nSPS) is 24.5. The van der Waals surface area contributed by atoms with E-state index in [2.05, 4.69) is 43.0 Å². The van der Waals surface area contributed by atoms with Crippen LogP contribution in [0.4, 0.5) is 0 Å². The minimum absolute atomic E-state index is 0.374. The Bertz CT molecular complexity index is 859. The Labute approximate surface area is 172 Å². The molecule has 0 saturated carbocycles. The Morgan fingerprint density at radius 2 is 1.36 bits per heavy atom. The van der Waals surface area contributed by atoms with Gasteiger partial charge in [0.2, 0.25) is 0 Å². The summed E-state index contributed by atoms with van der Waals surface area (Å²) in [6, 6.07) is 21.0. The summed E-state index contributed by atoms with van der Waals surface area (Å²) in [7, 11) is 1.55. The second kappa shape index (κ2) is 8.42. The van der Waals surface area contributed by atoms with Gasteiger partial charge in [-0.05, 0) is 18.2 Å². The predicted octanol–water partition coefficient (Wildman–Crippen LogP) is 4.62. The van der Waals surface area contributed by atoms with Gasteiger partial charge in [-0.2, -0.15) is 0 Å². The quantitative estimate of drug-likeness (QED) is 0.744. The molecule has 0 aromatic heterocycles. The van der Waals surface area contributed by atoms with Crippen molar-refractivity contribution >= 4 is 28.9 Å². The minimum atomic E-state index is -2.76. The average Bonchev–Trinajstić information content (AvgIpc) is 2.75. The number of hydrogen-bond donors (Lipinski definition) is 1. The van der Waals surface area contributed by atoms with E-state index in [1.165, 1.54) is 0 Å². The molecule has 0 unspecified atom stereocenters. The molecule has 2 aromatic rings. The van der Waals surface area contributed by atoms with Crippen molar-refractivity contribution in [1.29, 1.82) is 0 Å². The first-order valence-electron chi connectivity index (χ1n) is 9.93. The van der Waals surface area contributed by atoms with E-state index in [1.54, 1.807) is 16.7 Å². The summed E-state index contributed by atoms with van der Waals surface area (Å²) in [5, 5.41) is 0. The zero-order chi connectivity index (χ0) is 19.6. The molecule has 0 spiro atoms. The van der Waals surface area contributed by atoms with Gasteiger partial charge in [0.25, 0.3) is 0 Å². The summed E-state index contributed by atoms with van der Waals surface area (Å²) in [5.74, 6) is 4.06. The molecule has 0 radical (unpaired) electrons. The number of thioether (sulfide) groups is 1. The van der Waals surface area contributed by atoms with Crippen LogP contribution in [0.3, 0.4) is 0 Å². The SMILES string of the molecule is CN(C1CC[NH+](C)CC1)P1(=O)C=C(c2ccccc2)SC(c2ccccc2)=C1. The third-order valence-corrected chi connectivity index (χ3v) is 9.84. The van der Waals surface area contributed by atoms with E-state index < -0.39 is 7.29 Å². The average molecular weight is 412 g/mol. The molecule has 1 fully saturated rings. The summed E-state index contributed by atoms with van der Waals surface area (Å²) in [5.41, 5.74) is 2.27. The van der Waals surface area contributed by atoms with Crippen molar-refractivity contribution in [3.05, 3.63) is 83.4 Å². The number of nitrogens with one attached hydrogen (secondary N) is 1. The number of piperidine rings is 1. The molecule has 0 amide bonds. The van der Waals surface area contributed by atoms with Crippen molar-refractivity contribution in [3.8, 4) is 0 Å².